The molecule has 0 spiro atoms. The van der Waals surface area contributed by atoms with E-state index in [-0.39, 0.29) is 5.69 Å². The molecule has 3 rings (SSSR count). The van der Waals surface area contributed by atoms with Crippen molar-refractivity contribution in [2.24, 2.45) is 0 Å². The molecule has 124 valence electrons. The van der Waals surface area contributed by atoms with E-state index in [4.69, 9.17) is 12.2 Å². The lowest BCUT2D eigenvalue weighted by Crippen LogP contribution is -2.51. The van der Waals surface area contributed by atoms with Crippen molar-refractivity contribution in [3.63, 3.8) is 0 Å². The molecule has 1 aliphatic heterocycles. The molecule has 0 saturated carbocycles. The summed E-state index contributed by atoms with van der Waals surface area (Å²) in [6.45, 7) is 3.40. The number of H-pyrrole nitrogens is 1. The molecule has 0 atom stereocenters. The summed E-state index contributed by atoms with van der Waals surface area (Å²) in [5.41, 5.74) is 0.823. The number of piperazine rings is 1. The van der Waals surface area contributed by atoms with Crippen LogP contribution in [-0.2, 0) is 0 Å². The van der Waals surface area contributed by atoms with Gasteiger partial charge in [0.2, 0.25) is 0 Å². The summed E-state index contributed by atoms with van der Waals surface area (Å²) in [6.07, 6.45) is 1.92. The predicted molar refractivity (Wildman–Crippen MR) is 96.1 cm³/mol. The molecule has 24 heavy (non-hydrogen) atoms. The average molecular weight is 344 g/mol. The number of hydrogen-bond acceptors (Lipinski definition) is 4. The van der Waals surface area contributed by atoms with Gasteiger partial charge in [0, 0.05) is 23.9 Å². The van der Waals surface area contributed by atoms with Crippen LogP contribution in [0.3, 0.4) is 0 Å². The first kappa shape index (κ1) is 16.1. The van der Waals surface area contributed by atoms with Crippen molar-refractivity contribution in [2.75, 3.05) is 36.4 Å². The van der Waals surface area contributed by atoms with Gasteiger partial charge < -0.3 is 10.2 Å². The van der Waals surface area contributed by atoms with Crippen molar-refractivity contribution in [1.82, 2.24) is 4.90 Å². The first-order valence-electron chi connectivity index (χ1n) is 7.65. The van der Waals surface area contributed by atoms with Gasteiger partial charge in [-0.25, -0.2) is 4.98 Å². The number of nitrogens with one attached hydrogen (secondary N) is 2. The van der Waals surface area contributed by atoms with E-state index in [9.17, 15) is 10.1 Å². The molecule has 1 aromatic heterocycles. The number of nitrogens with zero attached hydrogens (tertiary/aromatic N) is 3. The normalized spacial score (nSPS) is 14.3. The fraction of sp³-hybridized carbons (Fsp3) is 0.250. The largest absolute Gasteiger partial charge is 0.341 e. The highest BCUT2D eigenvalue weighted by molar-refractivity contribution is 7.80. The second-order valence-corrected chi connectivity index (χ2v) is 5.84. The molecule has 0 bridgehead atoms. The van der Waals surface area contributed by atoms with Crippen LogP contribution in [-0.4, -0.2) is 41.1 Å². The van der Waals surface area contributed by atoms with Crippen LogP contribution >= 0.6 is 12.2 Å². The second kappa shape index (κ2) is 7.22. The highest BCUT2D eigenvalue weighted by atomic mass is 32.1. The van der Waals surface area contributed by atoms with Crippen LogP contribution < -0.4 is 15.2 Å². The zero-order valence-electron chi connectivity index (χ0n) is 13.0. The number of benzene rings is 1. The number of aromatic amines is 1. The number of aromatic nitrogens is 1. The summed E-state index contributed by atoms with van der Waals surface area (Å²) in [4.78, 5) is 17.9. The Hall–Kier alpha value is -2.74. The van der Waals surface area contributed by atoms with Gasteiger partial charge in [-0.05, 0) is 30.4 Å². The fourth-order valence-electron chi connectivity index (χ4n) is 2.60. The molecule has 1 aliphatic rings. The number of thiocarbonyl (C=S) groups is 1. The van der Waals surface area contributed by atoms with Crippen LogP contribution in [0.2, 0.25) is 0 Å². The molecule has 0 amide bonds. The number of non-ortho nitro benzene ring substituents is 1. The van der Waals surface area contributed by atoms with Gasteiger partial charge in [-0.1, -0.05) is 6.07 Å². The minimum absolute atomic E-state index is 0.0687. The standard InChI is InChI=1S/C16H17N5O2S/c22-21(23)14-6-4-13(5-7-14)18-16(24)20-11-9-19(10-12-20)15-3-1-2-8-17-15/h1-8H,9-12H2,(H,18,24)/p+1. The van der Waals surface area contributed by atoms with E-state index in [2.05, 4.69) is 26.2 Å². The van der Waals surface area contributed by atoms with Crippen molar-refractivity contribution < 1.29 is 9.91 Å². The molecule has 0 aliphatic carbocycles. The lowest BCUT2D eigenvalue weighted by atomic mass is 10.3. The number of anilines is 2. The van der Waals surface area contributed by atoms with Crippen LogP contribution in [0.15, 0.2) is 48.7 Å². The summed E-state index contributed by atoms with van der Waals surface area (Å²) in [5, 5.41) is 14.5. The Balaban J connectivity index is 1.54. The van der Waals surface area contributed by atoms with Crippen molar-refractivity contribution >= 4 is 34.5 Å². The topological polar surface area (TPSA) is 75.8 Å². The van der Waals surface area contributed by atoms with E-state index in [0.29, 0.717) is 5.11 Å². The van der Waals surface area contributed by atoms with Crippen LogP contribution in [0.25, 0.3) is 0 Å². The number of nitro groups is 1. The summed E-state index contributed by atoms with van der Waals surface area (Å²) >= 11 is 5.45. The number of pyridine rings is 1. The van der Waals surface area contributed by atoms with Crippen molar-refractivity contribution in [3.05, 3.63) is 58.8 Å². The molecule has 8 heteroatoms. The summed E-state index contributed by atoms with van der Waals surface area (Å²) in [5.74, 6) is 1.10. The summed E-state index contributed by atoms with van der Waals surface area (Å²) < 4.78 is 0. The molecule has 0 radical (unpaired) electrons. The van der Waals surface area contributed by atoms with Gasteiger partial charge >= 0.3 is 0 Å². The highest BCUT2D eigenvalue weighted by Gasteiger charge is 2.24. The Morgan fingerprint density at radius 2 is 1.83 bits per heavy atom. The Morgan fingerprint density at radius 1 is 1.12 bits per heavy atom. The van der Waals surface area contributed by atoms with Gasteiger partial charge in [0.1, 0.15) is 13.1 Å². The second-order valence-electron chi connectivity index (χ2n) is 5.46. The third-order valence-electron chi connectivity index (χ3n) is 3.93. The van der Waals surface area contributed by atoms with Crippen LogP contribution in [0.5, 0.6) is 0 Å². The van der Waals surface area contributed by atoms with Crippen LogP contribution in [0, 0.1) is 10.1 Å². The minimum atomic E-state index is -0.415. The zero-order chi connectivity index (χ0) is 16.9. The molecule has 2 N–H and O–H groups in total. The van der Waals surface area contributed by atoms with Gasteiger partial charge in [-0.2, -0.15) is 0 Å². The summed E-state index contributed by atoms with van der Waals surface area (Å²) in [6, 6.07) is 12.3. The minimum Gasteiger partial charge on any atom is -0.341 e. The van der Waals surface area contributed by atoms with Gasteiger partial charge in [-0.3, -0.25) is 15.0 Å². The molecule has 1 fully saturated rings. The van der Waals surface area contributed by atoms with E-state index in [1.807, 2.05) is 18.3 Å². The molecule has 1 saturated heterocycles. The van der Waals surface area contributed by atoms with Crippen molar-refractivity contribution in [3.8, 4) is 0 Å². The van der Waals surface area contributed by atoms with E-state index in [1.165, 1.54) is 12.1 Å². The maximum Gasteiger partial charge on any atom is 0.274 e. The van der Waals surface area contributed by atoms with Gasteiger partial charge in [0.25, 0.3) is 11.5 Å². The fourth-order valence-corrected chi connectivity index (χ4v) is 2.90. The Morgan fingerprint density at radius 3 is 2.42 bits per heavy atom. The van der Waals surface area contributed by atoms with Crippen molar-refractivity contribution in [1.29, 1.82) is 0 Å². The molecular formula is C16H18N5O2S+. The zero-order valence-corrected chi connectivity index (χ0v) is 13.8. The first-order chi connectivity index (χ1) is 11.6. The van der Waals surface area contributed by atoms with Crippen LogP contribution in [0.4, 0.5) is 17.2 Å². The third kappa shape index (κ3) is 3.77. The number of hydrogen-bond donors (Lipinski definition) is 1. The lowest BCUT2D eigenvalue weighted by molar-refractivity contribution is -0.384. The molecule has 2 aromatic rings. The van der Waals surface area contributed by atoms with Gasteiger partial charge in [0.05, 0.1) is 24.2 Å². The number of nitro benzene ring substituents is 1. The number of rotatable bonds is 3. The molecule has 0 unspecified atom stereocenters. The third-order valence-corrected chi connectivity index (χ3v) is 4.29. The predicted octanol–water partition coefficient (Wildman–Crippen LogP) is 1.93. The van der Waals surface area contributed by atoms with Gasteiger partial charge in [0.15, 0.2) is 5.11 Å². The maximum absolute atomic E-state index is 10.7. The van der Waals surface area contributed by atoms with Crippen molar-refractivity contribution in [2.45, 2.75) is 0 Å². The molecule has 2 heterocycles. The SMILES string of the molecule is O=[N+]([O-])c1ccc(NC(=S)N2CCN(c3cccc[nH+]3)CC2)cc1. The molecule has 7 nitrogen and oxygen atoms in total. The average Bonchev–Trinajstić information content (AvgIpc) is 2.63. The van der Waals surface area contributed by atoms with Gasteiger partial charge in [-0.15, -0.1) is 0 Å². The summed E-state index contributed by atoms with van der Waals surface area (Å²) in [7, 11) is 0. The quantitative estimate of drug-likeness (QED) is 0.521. The Labute approximate surface area is 145 Å². The first-order valence-corrected chi connectivity index (χ1v) is 8.06. The van der Waals surface area contributed by atoms with E-state index < -0.39 is 4.92 Å². The van der Waals surface area contributed by atoms with E-state index in [1.54, 1.807) is 12.1 Å². The van der Waals surface area contributed by atoms with E-state index in [0.717, 1.165) is 37.7 Å². The Bertz CT molecular complexity index is 715. The maximum atomic E-state index is 10.7. The van der Waals surface area contributed by atoms with E-state index >= 15 is 0 Å². The highest BCUT2D eigenvalue weighted by Crippen LogP contribution is 2.16. The monoisotopic (exact) mass is 344 g/mol. The lowest BCUT2D eigenvalue weighted by Gasteiger charge is -2.32. The molecule has 1 aromatic carbocycles. The smallest absolute Gasteiger partial charge is 0.274 e. The molecular weight excluding hydrogens is 326 g/mol. The Kier molecular flexibility index (Phi) is 4.85. The van der Waals surface area contributed by atoms with Crippen LogP contribution in [0.1, 0.15) is 0 Å².